The van der Waals surface area contributed by atoms with Crippen LogP contribution in [0.1, 0.15) is 39.2 Å². The molecule has 1 heterocycles. The standard InChI is InChI=1S/C34H32F4N5O5P/c35-33(36,30-40-42-43-41-30)28-15-11-24(12-16-28)19-32(23-39-21-26-7-3-1-4-8-26,31(44)48-22-27-9-5-2-6-10-27)20-25-13-17-29(18-14-25)34(37,38)49(45,46)47/h1-18,39H,19-23H2,(H2,45,46,47)(H,40,41,42,43). The number of halogens is 4. The molecule has 0 aliphatic rings. The molecule has 1 aromatic heterocycles. The molecule has 15 heteroatoms. The highest BCUT2D eigenvalue weighted by molar-refractivity contribution is 7.52. The number of ether oxygens (including phenoxy) is 1. The second-order valence-electron chi connectivity index (χ2n) is 11.6. The molecule has 10 nitrogen and oxygen atoms in total. The Morgan fingerprint density at radius 3 is 1.80 bits per heavy atom. The number of aromatic nitrogens is 4. The zero-order valence-electron chi connectivity index (χ0n) is 25.8. The first-order valence-corrected chi connectivity index (χ1v) is 16.6. The first-order chi connectivity index (χ1) is 23.3. The number of nitrogens with one attached hydrogen (secondary N) is 2. The lowest BCUT2D eigenvalue weighted by Gasteiger charge is -2.33. The predicted molar refractivity (Wildman–Crippen MR) is 170 cm³/mol. The number of alkyl halides is 4. The van der Waals surface area contributed by atoms with Crippen molar-refractivity contribution in [3.63, 3.8) is 0 Å². The molecule has 1 unspecified atom stereocenters. The Labute approximate surface area is 278 Å². The van der Waals surface area contributed by atoms with Gasteiger partial charge in [-0.25, -0.2) is 0 Å². The van der Waals surface area contributed by atoms with Gasteiger partial charge < -0.3 is 19.8 Å². The third-order valence-electron chi connectivity index (χ3n) is 7.98. The largest absolute Gasteiger partial charge is 0.460 e. The Bertz CT molecular complexity index is 1860. The molecule has 4 aromatic carbocycles. The molecule has 256 valence electrons. The number of rotatable bonds is 15. The molecule has 0 aliphatic carbocycles. The Balaban J connectivity index is 1.50. The van der Waals surface area contributed by atoms with E-state index in [4.69, 9.17) is 4.74 Å². The summed E-state index contributed by atoms with van der Waals surface area (Å²) in [6.45, 7) is 0.317. The molecule has 0 saturated carbocycles. The zero-order valence-corrected chi connectivity index (χ0v) is 26.7. The zero-order chi connectivity index (χ0) is 35.1. The fourth-order valence-corrected chi connectivity index (χ4v) is 5.84. The number of nitrogens with zero attached hydrogens (tertiary/aromatic N) is 3. The van der Waals surface area contributed by atoms with Crippen molar-refractivity contribution in [2.75, 3.05) is 6.54 Å². The van der Waals surface area contributed by atoms with Crippen molar-refractivity contribution in [1.29, 1.82) is 0 Å². The number of carbonyl (C=O) groups excluding carboxylic acids is 1. The van der Waals surface area contributed by atoms with Crippen LogP contribution in [-0.4, -0.2) is 42.9 Å². The van der Waals surface area contributed by atoms with Gasteiger partial charge in [0, 0.05) is 24.2 Å². The van der Waals surface area contributed by atoms with Gasteiger partial charge in [0.05, 0.1) is 5.41 Å². The number of benzene rings is 4. The lowest BCUT2D eigenvalue weighted by Crippen LogP contribution is -2.45. The van der Waals surface area contributed by atoms with E-state index >= 15 is 8.78 Å². The summed E-state index contributed by atoms with van der Waals surface area (Å²) in [6.07, 6.45) is -0.0815. The third kappa shape index (κ3) is 8.46. The van der Waals surface area contributed by atoms with E-state index in [-0.39, 0.29) is 26.0 Å². The van der Waals surface area contributed by atoms with Crippen molar-refractivity contribution < 1.29 is 41.4 Å². The van der Waals surface area contributed by atoms with Crippen LogP contribution in [0.5, 0.6) is 0 Å². The average molecular weight is 698 g/mol. The number of hydrogen-bond donors (Lipinski definition) is 4. The molecule has 5 aromatic rings. The Morgan fingerprint density at radius 1 is 0.755 bits per heavy atom. The summed E-state index contributed by atoms with van der Waals surface area (Å²) in [5.74, 6) is -4.99. The van der Waals surface area contributed by atoms with Gasteiger partial charge in [-0.15, -0.1) is 10.2 Å². The van der Waals surface area contributed by atoms with Crippen LogP contribution in [0.15, 0.2) is 109 Å². The van der Waals surface area contributed by atoms with E-state index < -0.39 is 47.5 Å². The summed E-state index contributed by atoms with van der Waals surface area (Å²) >= 11 is 0. The topological polar surface area (TPSA) is 150 Å². The number of hydrogen-bond acceptors (Lipinski definition) is 7. The van der Waals surface area contributed by atoms with Crippen LogP contribution in [0, 0.1) is 5.41 Å². The minimum Gasteiger partial charge on any atom is -0.460 e. The quantitative estimate of drug-likeness (QED) is 0.0599. The molecule has 0 radical (unpaired) electrons. The molecule has 49 heavy (non-hydrogen) atoms. The Morgan fingerprint density at radius 2 is 1.29 bits per heavy atom. The second kappa shape index (κ2) is 14.8. The van der Waals surface area contributed by atoms with Gasteiger partial charge in [0.15, 0.2) is 0 Å². The van der Waals surface area contributed by atoms with Crippen molar-refractivity contribution in [2.24, 2.45) is 5.41 Å². The molecule has 0 fully saturated rings. The van der Waals surface area contributed by atoms with Crippen LogP contribution in [0.4, 0.5) is 17.6 Å². The summed E-state index contributed by atoms with van der Waals surface area (Å²) in [6, 6.07) is 28.0. The van der Waals surface area contributed by atoms with E-state index in [0.29, 0.717) is 17.7 Å². The molecule has 0 saturated heterocycles. The van der Waals surface area contributed by atoms with E-state index in [1.54, 1.807) is 24.3 Å². The monoisotopic (exact) mass is 697 g/mol. The number of aromatic amines is 1. The van der Waals surface area contributed by atoms with Gasteiger partial charge in [0.25, 0.3) is 0 Å². The van der Waals surface area contributed by atoms with Crippen LogP contribution >= 0.6 is 7.60 Å². The van der Waals surface area contributed by atoms with Gasteiger partial charge in [-0.3, -0.25) is 9.36 Å². The fourth-order valence-electron chi connectivity index (χ4n) is 5.35. The first kappa shape index (κ1) is 35.6. The van der Waals surface area contributed by atoms with Crippen LogP contribution in [-0.2, 0) is 51.7 Å². The molecular formula is C34H32F4N5O5P. The summed E-state index contributed by atoms with van der Waals surface area (Å²) < 4.78 is 76.2. The Kier molecular flexibility index (Phi) is 10.7. The van der Waals surface area contributed by atoms with E-state index in [2.05, 4.69) is 20.7 Å². The van der Waals surface area contributed by atoms with Crippen molar-refractivity contribution in [3.05, 3.63) is 148 Å². The summed E-state index contributed by atoms with van der Waals surface area (Å²) in [5, 5.41) is 15.3. The third-order valence-corrected chi connectivity index (χ3v) is 8.97. The average Bonchev–Trinajstić information content (AvgIpc) is 3.65. The molecular weight excluding hydrogens is 665 g/mol. The van der Waals surface area contributed by atoms with Crippen LogP contribution in [0.2, 0.25) is 0 Å². The first-order valence-electron chi connectivity index (χ1n) is 15.0. The van der Waals surface area contributed by atoms with Gasteiger partial charge in [-0.2, -0.15) is 22.8 Å². The van der Waals surface area contributed by atoms with Gasteiger partial charge in [-0.1, -0.05) is 109 Å². The lowest BCUT2D eigenvalue weighted by molar-refractivity contribution is -0.157. The minimum absolute atomic E-state index is 0.0170. The molecule has 5 rings (SSSR count). The number of carbonyl (C=O) groups is 1. The van der Waals surface area contributed by atoms with E-state index in [0.717, 1.165) is 23.3 Å². The smallest absolute Gasteiger partial charge is 0.399 e. The lowest BCUT2D eigenvalue weighted by atomic mass is 9.76. The van der Waals surface area contributed by atoms with Gasteiger partial charge in [0.2, 0.25) is 5.82 Å². The molecule has 0 spiro atoms. The second-order valence-corrected chi connectivity index (χ2v) is 13.2. The van der Waals surface area contributed by atoms with Crippen LogP contribution in [0.3, 0.4) is 0 Å². The maximum atomic E-state index is 15.0. The molecule has 0 bridgehead atoms. The molecule has 1 atom stereocenters. The Hall–Kier alpha value is -4.75. The van der Waals surface area contributed by atoms with Crippen LogP contribution in [0.25, 0.3) is 0 Å². The SMILES string of the molecule is O=C(OCc1ccccc1)C(CNCc1ccccc1)(Cc1ccc(C(F)(F)c2nn[nH]n2)cc1)Cc1ccc(C(F)(F)P(=O)(O)O)cc1. The highest BCUT2D eigenvalue weighted by Crippen LogP contribution is 2.59. The molecule has 0 amide bonds. The van der Waals surface area contributed by atoms with Crippen molar-refractivity contribution in [1.82, 2.24) is 25.9 Å². The van der Waals surface area contributed by atoms with E-state index in [9.17, 15) is 27.9 Å². The summed E-state index contributed by atoms with van der Waals surface area (Å²) in [5.41, 5.74) is -4.58. The molecule has 0 aliphatic heterocycles. The van der Waals surface area contributed by atoms with Crippen molar-refractivity contribution >= 4 is 13.6 Å². The number of tetrazole rings is 1. The maximum Gasteiger partial charge on any atom is 0.399 e. The van der Waals surface area contributed by atoms with Gasteiger partial charge >= 0.3 is 25.2 Å². The highest BCUT2D eigenvalue weighted by Gasteiger charge is 2.50. The summed E-state index contributed by atoms with van der Waals surface area (Å²) in [7, 11) is -5.81. The number of H-pyrrole nitrogens is 1. The highest BCUT2D eigenvalue weighted by atomic mass is 31.2. The molecule has 4 N–H and O–H groups in total. The van der Waals surface area contributed by atoms with Crippen molar-refractivity contribution in [2.45, 2.75) is 37.6 Å². The van der Waals surface area contributed by atoms with Gasteiger partial charge in [0.1, 0.15) is 6.61 Å². The van der Waals surface area contributed by atoms with E-state index in [1.165, 1.54) is 36.4 Å². The minimum atomic E-state index is -5.81. The summed E-state index contributed by atoms with van der Waals surface area (Å²) in [4.78, 5) is 32.6. The fraction of sp³-hybridized carbons (Fsp3) is 0.235. The van der Waals surface area contributed by atoms with Crippen LogP contribution < -0.4 is 5.32 Å². The predicted octanol–water partition coefficient (Wildman–Crippen LogP) is 5.87. The van der Waals surface area contributed by atoms with E-state index in [1.807, 2.05) is 41.6 Å². The van der Waals surface area contributed by atoms with Crippen molar-refractivity contribution in [3.8, 4) is 0 Å². The normalized spacial score (nSPS) is 13.5. The number of esters is 1. The maximum absolute atomic E-state index is 15.0. The van der Waals surface area contributed by atoms with Gasteiger partial charge in [-0.05, 0) is 40.3 Å².